The number of carbonyl (C=O) groups excluding carboxylic acids is 1. The lowest BCUT2D eigenvalue weighted by atomic mass is 9.84. The van der Waals surface area contributed by atoms with Crippen molar-refractivity contribution in [1.29, 1.82) is 0 Å². The quantitative estimate of drug-likeness (QED) is 0.501. The molecule has 2 aromatic carbocycles. The van der Waals surface area contributed by atoms with Gasteiger partial charge in [0, 0.05) is 25.1 Å². The lowest BCUT2D eigenvalue weighted by Crippen LogP contribution is -2.33. The van der Waals surface area contributed by atoms with Gasteiger partial charge >= 0.3 is 0 Å². The Morgan fingerprint density at radius 1 is 1.07 bits per heavy atom. The Kier molecular flexibility index (Phi) is 5.52. The second kappa shape index (κ2) is 8.11. The maximum absolute atomic E-state index is 13.1. The number of fused-ring (bicyclic) bond motifs is 1. The first-order valence-electron chi connectivity index (χ1n) is 9.99. The normalized spacial score (nSPS) is 15.6. The molecule has 0 spiro atoms. The van der Waals surface area contributed by atoms with Crippen LogP contribution in [0.1, 0.15) is 45.7 Å². The topological polar surface area (TPSA) is 64.0 Å². The lowest BCUT2D eigenvalue weighted by Gasteiger charge is -2.28. The van der Waals surface area contributed by atoms with E-state index < -0.39 is 0 Å². The molecule has 2 heterocycles. The van der Waals surface area contributed by atoms with Gasteiger partial charge in [0.25, 0.3) is 5.56 Å². The number of rotatable bonds is 4. The molecule has 1 atom stereocenters. The highest BCUT2D eigenvalue weighted by molar-refractivity contribution is 7.98. The van der Waals surface area contributed by atoms with Gasteiger partial charge < -0.3 is 9.88 Å². The van der Waals surface area contributed by atoms with E-state index in [4.69, 9.17) is 0 Å². The minimum absolute atomic E-state index is 0.0795. The van der Waals surface area contributed by atoms with E-state index in [1.165, 1.54) is 17.3 Å². The third-order valence-corrected chi connectivity index (χ3v) is 6.70. The van der Waals surface area contributed by atoms with Crippen LogP contribution in [0.3, 0.4) is 0 Å². The minimum Gasteiger partial charge on any atom is -0.312 e. The molecule has 4 rings (SSSR count). The SMILES string of the molecule is Cc1ccc(CSc2nc(=O)c3c(n2C)NC(=O)C[C@H]3c2cc(C)ccc2C)cc1. The van der Waals surface area contributed by atoms with Crippen molar-refractivity contribution >= 4 is 23.5 Å². The number of aryl methyl sites for hydroxylation is 3. The molecule has 0 fully saturated rings. The standard InChI is InChI=1S/C24H25N3O2S/c1-14-6-9-17(10-7-14)13-30-24-26-23(29)21-19(12-20(28)25-22(21)27(24)4)18-11-15(2)5-8-16(18)3/h5-11,19H,12-13H2,1-4H3,(H,25,28)/t19-/m0/s1. The number of thioether (sulfide) groups is 1. The van der Waals surface area contributed by atoms with E-state index in [1.54, 1.807) is 0 Å². The zero-order chi connectivity index (χ0) is 21.4. The molecular weight excluding hydrogens is 394 g/mol. The van der Waals surface area contributed by atoms with Crippen LogP contribution >= 0.6 is 11.8 Å². The Bertz CT molecular complexity index is 1180. The minimum atomic E-state index is -0.281. The second-order valence-corrected chi connectivity index (χ2v) is 8.90. The van der Waals surface area contributed by atoms with Crippen molar-refractivity contribution in [2.75, 3.05) is 5.32 Å². The van der Waals surface area contributed by atoms with Crippen LogP contribution in [-0.2, 0) is 17.6 Å². The third-order valence-electron chi connectivity index (χ3n) is 5.60. The van der Waals surface area contributed by atoms with Gasteiger partial charge in [-0.3, -0.25) is 9.59 Å². The van der Waals surface area contributed by atoms with Gasteiger partial charge in [0.1, 0.15) is 5.82 Å². The Hall–Kier alpha value is -2.86. The predicted molar refractivity (Wildman–Crippen MR) is 121 cm³/mol. The van der Waals surface area contributed by atoms with Crippen molar-refractivity contribution < 1.29 is 4.79 Å². The van der Waals surface area contributed by atoms with Gasteiger partial charge in [-0.15, -0.1) is 0 Å². The molecule has 6 heteroatoms. The largest absolute Gasteiger partial charge is 0.312 e. The van der Waals surface area contributed by atoms with Gasteiger partial charge in [-0.05, 0) is 37.5 Å². The molecule has 1 amide bonds. The molecular formula is C24H25N3O2S. The van der Waals surface area contributed by atoms with Crippen LogP contribution in [0.15, 0.2) is 52.4 Å². The maximum atomic E-state index is 13.1. The summed E-state index contributed by atoms with van der Waals surface area (Å²) in [5, 5.41) is 3.52. The molecule has 1 aliphatic rings. The molecule has 0 saturated heterocycles. The van der Waals surface area contributed by atoms with Crippen molar-refractivity contribution in [1.82, 2.24) is 9.55 Å². The summed E-state index contributed by atoms with van der Waals surface area (Å²) in [5.74, 6) is 0.900. The molecule has 1 aromatic heterocycles. The molecule has 0 saturated carbocycles. The summed E-state index contributed by atoms with van der Waals surface area (Å²) in [6.45, 7) is 6.10. The number of hydrogen-bond acceptors (Lipinski definition) is 4. The predicted octanol–water partition coefficient (Wildman–Crippen LogP) is 4.47. The van der Waals surface area contributed by atoms with Gasteiger partial charge in [-0.2, -0.15) is 4.98 Å². The Morgan fingerprint density at radius 3 is 2.50 bits per heavy atom. The zero-order valence-corrected chi connectivity index (χ0v) is 18.5. The van der Waals surface area contributed by atoms with Crippen LogP contribution in [0, 0.1) is 20.8 Å². The molecule has 5 nitrogen and oxygen atoms in total. The van der Waals surface area contributed by atoms with Crippen molar-refractivity contribution in [3.63, 3.8) is 0 Å². The van der Waals surface area contributed by atoms with Crippen molar-refractivity contribution in [3.8, 4) is 0 Å². The van der Waals surface area contributed by atoms with E-state index in [2.05, 4.69) is 47.6 Å². The number of nitrogens with one attached hydrogen (secondary N) is 1. The fourth-order valence-electron chi connectivity index (χ4n) is 3.90. The molecule has 30 heavy (non-hydrogen) atoms. The lowest BCUT2D eigenvalue weighted by molar-refractivity contribution is -0.116. The Balaban J connectivity index is 1.74. The molecule has 1 N–H and O–H groups in total. The summed E-state index contributed by atoms with van der Waals surface area (Å²) in [6, 6.07) is 14.5. The van der Waals surface area contributed by atoms with Crippen LogP contribution in [-0.4, -0.2) is 15.5 Å². The van der Waals surface area contributed by atoms with Crippen LogP contribution in [0.25, 0.3) is 0 Å². The van der Waals surface area contributed by atoms with Gasteiger partial charge in [0.2, 0.25) is 5.91 Å². The summed E-state index contributed by atoms with van der Waals surface area (Å²) in [6.07, 6.45) is 0.254. The molecule has 3 aromatic rings. The van der Waals surface area contributed by atoms with Crippen molar-refractivity contribution in [3.05, 3.63) is 86.2 Å². The summed E-state index contributed by atoms with van der Waals surface area (Å²) < 4.78 is 1.84. The van der Waals surface area contributed by atoms with E-state index in [0.29, 0.717) is 22.3 Å². The zero-order valence-electron chi connectivity index (χ0n) is 17.7. The number of nitrogens with zero attached hydrogens (tertiary/aromatic N) is 2. The van der Waals surface area contributed by atoms with Crippen LogP contribution in [0.2, 0.25) is 0 Å². The average molecular weight is 420 g/mol. The summed E-state index contributed by atoms with van der Waals surface area (Å²) >= 11 is 1.50. The van der Waals surface area contributed by atoms with E-state index >= 15 is 0 Å². The smallest absolute Gasteiger partial charge is 0.279 e. The number of anilines is 1. The number of carbonyl (C=O) groups is 1. The third kappa shape index (κ3) is 3.92. The first-order chi connectivity index (χ1) is 14.3. The van der Waals surface area contributed by atoms with E-state index in [0.717, 1.165) is 22.3 Å². The molecule has 1 aliphatic heterocycles. The monoisotopic (exact) mass is 419 g/mol. The summed E-state index contributed by atoms with van der Waals surface area (Å²) in [4.78, 5) is 30.0. The van der Waals surface area contributed by atoms with E-state index in [1.807, 2.05) is 37.6 Å². The highest BCUT2D eigenvalue weighted by Crippen LogP contribution is 2.37. The summed E-state index contributed by atoms with van der Waals surface area (Å²) in [5.41, 5.74) is 5.89. The molecule has 0 unspecified atom stereocenters. The highest BCUT2D eigenvalue weighted by Gasteiger charge is 2.32. The molecule has 154 valence electrons. The van der Waals surface area contributed by atoms with Crippen molar-refractivity contribution in [2.45, 2.75) is 44.0 Å². The number of amides is 1. The number of aromatic nitrogens is 2. The first kappa shape index (κ1) is 20.4. The van der Waals surface area contributed by atoms with E-state index in [-0.39, 0.29) is 23.8 Å². The van der Waals surface area contributed by atoms with Crippen LogP contribution in [0.4, 0.5) is 5.82 Å². The maximum Gasteiger partial charge on any atom is 0.279 e. The molecule has 0 aliphatic carbocycles. The fourth-order valence-corrected chi connectivity index (χ4v) is 4.82. The van der Waals surface area contributed by atoms with E-state index in [9.17, 15) is 9.59 Å². The fraction of sp³-hybridized carbons (Fsp3) is 0.292. The van der Waals surface area contributed by atoms with Crippen LogP contribution < -0.4 is 10.9 Å². The average Bonchev–Trinajstić information content (AvgIpc) is 2.72. The highest BCUT2D eigenvalue weighted by atomic mass is 32.2. The second-order valence-electron chi connectivity index (χ2n) is 7.96. The van der Waals surface area contributed by atoms with Gasteiger partial charge in [0.15, 0.2) is 5.16 Å². The number of benzene rings is 2. The molecule has 0 bridgehead atoms. The first-order valence-corrected chi connectivity index (χ1v) is 11.0. The van der Waals surface area contributed by atoms with Crippen LogP contribution in [0.5, 0.6) is 0 Å². The summed E-state index contributed by atoms with van der Waals surface area (Å²) in [7, 11) is 1.86. The molecule has 0 radical (unpaired) electrons. The Labute approximate surface area is 180 Å². The Morgan fingerprint density at radius 2 is 1.77 bits per heavy atom. The van der Waals surface area contributed by atoms with Crippen molar-refractivity contribution in [2.24, 2.45) is 7.05 Å². The van der Waals surface area contributed by atoms with Gasteiger partial charge in [-0.25, -0.2) is 0 Å². The number of hydrogen-bond donors (Lipinski definition) is 1. The van der Waals surface area contributed by atoms with Gasteiger partial charge in [-0.1, -0.05) is 65.4 Å². The van der Waals surface area contributed by atoms with Gasteiger partial charge in [0.05, 0.1) is 5.56 Å².